The summed E-state index contributed by atoms with van der Waals surface area (Å²) in [6, 6.07) is 15.7. The van der Waals surface area contributed by atoms with Gasteiger partial charge in [0.2, 0.25) is 21.8 Å². The second kappa shape index (κ2) is 14.8. The normalized spacial score (nSPS) is 12.1. The van der Waals surface area contributed by atoms with Crippen molar-refractivity contribution in [1.29, 1.82) is 0 Å². The first-order valence-corrected chi connectivity index (χ1v) is 16.2. The Kier molecular flexibility index (Phi) is 12.0. The van der Waals surface area contributed by atoms with E-state index in [0.29, 0.717) is 23.6 Å². The van der Waals surface area contributed by atoms with Crippen molar-refractivity contribution in [3.8, 4) is 0 Å². The van der Waals surface area contributed by atoms with E-state index >= 15 is 0 Å². The van der Waals surface area contributed by atoms with Gasteiger partial charge in [0.25, 0.3) is 0 Å². The summed E-state index contributed by atoms with van der Waals surface area (Å²) in [6.07, 6.45) is 1.80. The number of carbonyl (C=O) groups is 2. The molecule has 3 aromatic rings. The zero-order valence-electron chi connectivity index (χ0n) is 22.2. The Morgan fingerprint density at radius 1 is 0.829 bits per heavy atom. The predicted octanol–water partition coefficient (Wildman–Crippen LogP) is 6.89. The minimum Gasteiger partial charge on any atom is -0.354 e. The van der Waals surface area contributed by atoms with Crippen LogP contribution in [0, 0.1) is 0 Å². The maximum atomic E-state index is 14.1. The van der Waals surface area contributed by atoms with Gasteiger partial charge in [0.05, 0.1) is 37.1 Å². The van der Waals surface area contributed by atoms with Gasteiger partial charge in [-0.1, -0.05) is 101 Å². The van der Waals surface area contributed by atoms with Crippen molar-refractivity contribution in [3.05, 3.63) is 96.9 Å². The van der Waals surface area contributed by atoms with Crippen LogP contribution in [0.5, 0.6) is 0 Å². The summed E-state index contributed by atoms with van der Waals surface area (Å²) in [5.74, 6) is -1.04. The van der Waals surface area contributed by atoms with Crippen molar-refractivity contribution < 1.29 is 18.0 Å². The van der Waals surface area contributed by atoms with Crippen LogP contribution in [0.2, 0.25) is 25.1 Å². The van der Waals surface area contributed by atoms with Crippen molar-refractivity contribution >= 4 is 85.5 Å². The van der Waals surface area contributed by atoms with Crippen LogP contribution in [0.1, 0.15) is 24.5 Å². The lowest BCUT2D eigenvalue weighted by Gasteiger charge is -2.33. The molecule has 1 atom stereocenters. The summed E-state index contributed by atoms with van der Waals surface area (Å²) < 4.78 is 26.7. The third-order valence-corrected chi connectivity index (χ3v) is 8.99. The van der Waals surface area contributed by atoms with Gasteiger partial charge in [-0.2, -0.15) is 0 Å². The highest BCUT2D eigenvalue weighted by atomic mass is 35.5. The second-order valence-corrected chi connectivity index (χ2v) is 13.2. The first-order chi connectivity index (χ1) is 19.3. The van der Waals surface area contributed by atoms with Crippen molar-refractivity contribution in [2.24, 2.45) is 0 Å². The van der Waals surface area contributed by atoms with Gasteiger partial charge < -0.3 is 10.2 Å². The standard InChI is InChI=1S/C28H28Cl5N3O4S/c1-3-11-34-28(38)26(13-18-7-5-4-6-8-18)35(16-19-9-10-20(29)21(30)12-19)27(37)17-36(41(2,39)40)25-15-23(32)22(31)14-24(25)33/h4-10,12,14-15,26H,3,11,13,16-17H2,1-2H3,(H,34,38)/t26-/m1/s1. The largest absolute Gasteiger partial charge is 0.354 e. The zero-order chi connectivity index (χ0) is 30.3. The molecule has 0 spiro atoms. The van der Waals surface area contributed by atoms with E-state index in [4.69, 9.17) is 58.0 Å². The molecule has 0 bridgehead atoms. The lowest BCUT2D eigenvalue weighted by Crippen LogP contribution is -2.53. The van der Waals surface area contributed by atoms with Gasteiger partial charge in [-0.25, -0.2) is 8.42 Å². The third kappa shape index (κ3) is 9.14. The number of amides is 2. The molecule has 0 unspecified atom stereocenters. The Hall–Kier alpha value is -2.20. The van der Waals surface area contributed by atoms with Crippen molar-refractivity contribution in [3.63, 3.8) is 0 Å². The van der Waals surface area contributed by atoms with E-state index in [1.165, 1.54) is 17.0 Å². The zero-order valence-corrected chi connectivity index (χ0v) is 26.8. The summed E-state index contributed by atoms with van der Waals surface area (Å²) in [7, 11) is -4.04. The summed E-state index contributed by atoms with van der Waals surface area (Å²) in [4.78, 5) is 28.9. The number of nitrogens with one attached hydrogen (secondary N) is 1. The van der Waals surface area contributed by atoms with Crippen LogP contribution in [0.3, 0.4) is 0 Å². The average Bonchev–Trinajstić information content (AvgIpc) is 2.92. The summed E-state index contributed by atoms with van der Waals surface area (Å²) >= 11 is 30.9. The fourth-order valence-electron chi connectivity index (χ4n) is 4.05. The first-order valence-electron chi connectivity index (χ1n) is 12.5. The van der Waals surface area contributed by atoms with Crippen LogP contribution < -0.4 is 9.62 Å². The van der Waals surface area contributed by atoms with Crippen molar-refractivity contribution in [2.75, 3.05) is 23.7 Å². The molecule has 7 nitrogen and oxygen atoms in total. The highest BCUT2D eigenvalue weighted by Gasteiger charge is 2.33. The smallest absolute Gasteiger partial charge is 0.244 e. The molecule has 0 aliphatic carbocycles. The van der Waals surface area contributed by atoms with Crippen LogP contribution in [0.15, 0.2) is 60.7 Å². The number of sulfonamides is 1. The fourth-order valence-corrected chi connectivity index (χ4v) is 5.92. The van der Waals surface area contributed by atoms with E-state index in [1.54, 1.807) is 18.2 Å². The number of benzene rings is 3. The molecule has 220 valence electrons. The maximum Gasteiger partial charge on any atom is 0.244 e. The van der Waals surface area contributed by atoms with Gasteiger partial charge in [-0.05, 0) is 41.8 Å². The van der Waals surface area contributed by atoms with E-state index in [2.05, 4.69) is 5.32 Å². The molecule has 0 heterocycles. The quantitative estimate of drug-likeness (QED) is 0.212. The van der Waals surface area contributed by atoms with Crippen LogP contribution in [0.25, 0.3) is 0 Å². The van der Waals surface area contributed by atoms with E-state index in [9.17, 15) is 18.0 Å². The second-order valence-electron chi connectivity index (χ2n) is 9.25. The molecule has 41 heavy (non-hydrogen) atoms. The fraction of sp³-hybridized carbons (Fsp3) is 0.286. The molecule has 3 aromatic carbocycles. The Bertz CT molecular complexity index is 1510. The Morgan fingerprint density at radius 3 is 2.07 bits per heavy atom. The number of nitrogens with zero attached hydrogens (tertiary/aromatic N) is 2. The van der Waals surface area contributed by atoms with E-state index in [0.717, 1.165) is 16.1 Å². The van der Waals surface area contributed by atoms with Gasteiger partial charge in [-0.15, -0.1) is 0 Å². The van der Waals surface area contributed by atoms with Gasteiger partial charge in [0.15, 0.2) is 0 Å². The number of hydrogen-bond donors (Lipinski definition) is 1. The summed E-state index contributed by atoms with van der Waals surface area (Å²) in [5, 5.41) is 3.62. The molecular weight excluding hydrogens is 652 g/mol. The molecule has 0 aliphatic rings. The molecule has 0 saturated carbocycles. The number of halogens is 5. The third-order valence-electron chi connectivity index (χ3n) is 6.09. The topological polar surface area (TPSA) is 86.8 Å². The van der Waals surface area contributed by atoms with Crippen LogP contribution in [-0.4, -0.2) is 50.5 Å². The number of anilines is 1. The van der Waals surface area contributed by atoms with Crippen LogP contribution >= 0.6 is 58.0 Å². The predicted molar refractivity (Wildman–Crippen MR) is 168 cm³/mol. The minimum absolute atomic E-state index is 0.0183. The molecule has 3 rings (SSSR count). The van der Waals surface area contributed by atoms with Crippen molar-refractivity contribution in [1.82, 2.24) is 10.2 Å². The van der Waals surface area contributed by atoms with E-state index in [-0.39, 0.29) is 44.7 Å². The number of carbonyl (C=O) groups excluding carboxylic acids is 2. The van der Waals surface area contributed by atoms with E-state index < -0.39 is 28.5 Å². The van der Waals surface area contributed by atoms with Gasteiger partial charge >= 0.3 is 0 Å². The molecule has 0 radical (unpaired) electrons. The minimum atomic E-state index is -4.04. The molecule has 0 aliphatic heterocycles. The lowest BCUT2D eigenvalue weighted by atomic mass is 10.0. The molecule has 2 amide bonds. The molecule has 0 fully saturated rings. The van der Waals surface area contributed by atoms with Gasteiger partial charge in [0.1, 0.15) is 12.6 Å². The Labute approximate surface area is 265 Å². The lowest BCUT2D eigenvalue weighted by molar-refractivity contribution is -0.140. The Morgan fingerprint density at radius 2 is 1.46 bits per heavy atom. The highest BCUT2D eigenvalue weighted by Crippen LogP contribution is 2.36. The molecule has 1 N–H and O–H groups in total. The van der Waals surface area contributed by atoms with Crippen LogP contribution in [-0.2, 0) is 32.6 Å². The monoisotopic (exact) mass is 677 g/mol. The first kappa shape index (κ1) is 33.3. The summed E-state index contributed by atoms with van der Waals surface area (Å²) in [5.41, 5.74) is 1.37. The average molecular weight is 680 g/mol. The van der Waals surface area contributed by atoms with Crippen LogP contribution in [0.4, 0.5) is 5.69 Å². The molecule has 13 heteroatoms. The Balaban J connectivity index is 2.10. The molecule has 0 saturated heterocycles. The molecular formula is C28H28Cl5N3O4S. The maximum absolute atomic E-state index is 14.1. The highest BCUT2D eigenvalue weighted by molar-refractivity contribution is 7.92. The number of rotatable bonds is 12. The van der Waals surface area contributed by atoms with Gasteiger partial charge in [0, 0.05) is 19.5 Å². The molecule has 0 aromatic heterocycles. The van der Waals surface area contributed by atoms with E-state index in [1.807, 2.05) is 37.3 Å². The summed E-state index contributed by atoms with van der Waals surface area (Å²) in [6.45, 7) is 1.59. The number of hydrogen-bond acceptors (Lipinski definition) is 4. The SMILES string of the molecule is CCCNC(=O)[C@@H](Cc1ccccc1)N(Cc1ccc(Cl)c(Cl)c1)C(=O)CN(c1cc(Cl)c(Cl)cc1Cl)S(C)(=O)=O. The van der Waals surface area contributed by atoms with Crippen molar-refractivity contribution in [2.45, 2.75) is 32.4 Å². The van der Waals surface area contributed by atoms with Gasteiger partial charge in [-0.3, -0.25) is 13.9 Å².